The van der Waals surface area contributed by atoms with Crippen LogP contribution in [0.15, 0.2) is 187 Å². The summed E-state index contributed by atoms with van der Waals surface area (Å²) < 4.78 is 8.55. The Hall–Kier alpha value is -7.76. The van der Waals surface area contributed by atoms with Gasteiger partial charge in [0.15, 0.2) is 0 Å². The van der Waals surface area contributed by atoms with Crippen LogP contribution in [0.4, 0.5) is 0 Å². The van der Waals surface area contributed by atoms with Crippen molar-refractivity contribution in [2.45, 2.75) is 52.4 Å². The highest BCUT2D eigenvalue weighted by atomic mass is 16.3. The quantitative estimate of drug-likeness (QED) is 0.181. The number of para-hydroxylation sites is 3. The van der Waals surface area contributed by atoms with Gasteiger partial charge in [0.05, 0.1) is 28.1 Å². The molecule has 0 atom stereocenters. The molecule has 0 aliphatic rings. The van der Waals surface area contributed by atoms with Crippen LogP contribution in [0.25, 0.3) is 105 Å². The summed E-state index contributed by atoms with van der Waals surface area (Å²) in [5.41, 5.74) is 16.9. The summed E-state index contributed by atoms with van der Waals surface area (Å²) in [6, 6.07) is 61.5. The van der Waals surface area contributed by atoms with Crippen molar-refractivity contribution >= 4 is 43.7 Å². The van der Waals surface area contributed by atoms with E-state index in [0.717, 1.165) is 83.4 Å². The Labute approximate surface area is 379 Å². The van der Waals surface area contributed by atoms with E-state index in [4.69, 9.17) is 14.4 Å². The molecule has 0 radical (unpaired) electrons. The molecule has 316 valence electrons. The molecule has 0 unspecified atom stereocenters. The normalized spacial score (nSPS) is 12.2. The first kappa shape index (κ1) is 40.0. The molecule has 0 fully saturated rings. The van der Waals surface area contributed by atoms with Crippen molar-refractivity contribution in [3.63, 3.8) is 0 Å². The smallest absolute Gasteiger partial charge is 0.135 e. The van der Waals surface area contributed by atoms with Crippen LogP contribution in [0.2, 0.25) is 0 Å². The molecule has 11 aromatic rings. The number of benzene rings is 7. The van der Waals surface area contributed by atoms with Gasteiger partial charge in [-0.05, 0) is 118 Å². The fraction of sp³-hybridized carbons (Fsp3) is 0.133. The van der Waals surface area contributed by atoms with Gasteiger partial charge in [-0.1, -0.05) is 139 Å². The van der Waals surface area contributed by atoms with E-state index in [9.17, 15) is 5.11 Å². The van der Waals surface area contributed by atoms with E-state index >= 15 is 0 Å². The van der Waals surface area contributed by atoms with Crippen LogP contribution in [0.5, 0.6) is 5.75 Å². The van der Waals surface area contributed by atoms with Crippen molar-refractivity contribution < 1.29 is 9.52 Å². The monoisotopic (exact) mass is 843 g/mol. The van der Waals surface area contributed by atoms with E-state index in [2.05, 4.69) is 180 Å². The molecule has 0 aliphatic heterocycles. The van der Waals surface area contributed by atoms with Crippen LogP contribution in [-0.4, -0.2) is 19.6 Å². The van der Waals surface area contributed by atoms with Gasteiger partial charge in [0, 0.05) is 55.7 Å². The number of hydrogen-bond acceptors (Lipinski definition) is 4. The van der Waals surface area contributed by atoms with Crippen molar-refractivity contribution in [2.75, 3.05) is 0 Å². The molecule has 0 spiro atoms. The molecule has 0 bridgehead atoms. The minimum Gasteiger partial charge on any atom is -0.507 e. The second-order valence-corrected chi connectivity index (χ2v) is 19.3. The maximum atomic E-state index is 11.1. The molecule has 0 amide bonds. The highest BCUT2D eigenvalue weighted by Crippen LogP contribution is 2.41. The van der Waals surface area contributed by atoms with Gasteiger partial charge in [0.2, 0.25) is 0 Å². The topological polar surface area (TPSA) is 64.1 Å². The lowest BCUT2D eigenvalue weighted by atomic mass is 9.79. The SMILES string of the molecule is CC(C)(C)c1cc(-c2cc(-c3cccc(-c4ncccc4-c4ccc5c(c4)c4ccccc4n5-c4ccc5oc6ccccc6c5c4)c3)nc(-c3ccccc3O)c2)cc(C(C)(C)C)c1. The summed E-state index contributed by atoms with van der Waals surface area (Å²) in [7, 11) is 0. The van der Waals surface area contributed by atoms with Crippen molar-refractivity contribution in [2.24, 2.45) is 0 Å². The van der Waals surface area contributed by atoms with E-state index < -0.39 is 0 Å². The summed E-state index contributed by atoms with van der Waals surface area (Å²) in [5, 5.41) is 15.7. The van der Waals surface area contributed by atoms with E-state index in [0.29, 0.717) is 11.3 Å². The van der Waals surface area contributed by atoms with Crippen molar-refractivity contribution in [1.82, 2.24) is 14.5 Å². The molecular formula is C60H49N3O2. The third-order valence-corrected chi connectivity index (χ3v) is 12.8. The first-order valence-electron chi connectivity index (χ1n) is 22.4. The fourth-order valence-corrected chi connectivity index (χ4v) is 9.30. The average molecular weight is 844 g/mol. The maximum absolute atomic E-state index is 11.1. The van der Waals surface area contributed by atoms with Crippen LogP contribution in [0.1, 0.15) is 52.7 Å². The lowest BCUT2D eigenvalue weighted by Crippen LogP contribution is -2.16. The van der Waals surface area contributed by atoms with Crippen LogP contribution < -0.4 is 0 Å². The van der Waals surface area contributed by atoms with E-state index in [1.807, 2.05) is 42.6 Å². The largest absolute Gasteiger partial charge is 0.507 e. The standard InChI is InChI=1S/C60H49N3O2/c1-59(2,3)42-30-40(31-43(35-42)60(4,5)6)41-33-51(62-52(34-41)48-19-8-11-22-55(48)64)38-15-13-16-39(29-38)58-45(20-14-28-61-58)37-24-26-54-49(32-37)46-17-7-10-21-53(46)63(54)44-25-27-57-50(36-44)47-18-9-12-23-56(47)65-57/h7-36,64H,1-6H3. The zero-order valence-electron chi connectivity index (χ0n) is 37.5. The van der Waals surface area contributed by atoms with Gasteiger partial charge in [0.25, 0.3) is 0 Å². The van der Waals surface area contributed by atoms with Gasteiger partial charge in [-0.2, -0.15) is 0 Å². The predicted molar refractivity (Wildman–Crippen MR) is 270 cm³/mol. The molecule has 4 heterocycles. The number of rotatable bonds is 6. The third-order valence-electron chi connectivity index (χ3n) is 12.8. The number of phenolic OH excluding ortho intramolecular Hbond substituents is 1. The molecule has 0 aliphatic carbocycles. The summed E-state index contributed by atoms with van der Waals surface area (Å²) in [4.78, 5) is 10.3. The molecule has 5 nitrogen and oxygen atoms in total. The number of pyridine rings is 2. The van der Waals surface area contributed by atoms with Crippen LogP contribution in [0.3, 0.4) is 0 Å². The van der Waals surface area contributed by atoms with Gasteiger partial charge < -0.3 is 14.1 Å². The van der Waals surface area contributed by atoms with Crippen molar-refractivity contribution in [3.05, 3.63) is 193 Å². The van der Waals surface area contributed by atoms with E-state index in [1.54, 1.807) is 6.07 Å². The van der Waals surface area contributed by atoms with Crippen molar-refractivity contribution in [3.8, 4) is 67.5 Å². The minimum absolute atomic E-state index is 0.0476. The lowest BCUT2D eigenvalue weighted by Gasteiger charge is -2.26. The van der Waals surface area contributed by atoms with E-state index in [-0.39, 0.29) is 16.6 Å². The number of aromatic hydroxyl groups is 1. The van der Waals surface area contributed by atoms with Crippen molar-refractivity contribution in [1.29, 1.82) is 0 Å². The Bertz CT molecular complexity index is 3620. The summed E-state index contributed by atoms with van der Waals surface area (Å²) in [5.74, 6) is 0.196. The second-order valence-electron chi connectivity index (χ2n) is 19.3. The molecule has 11 rings (SSSR count). The first-order valence-corrected chi connectivity index (χ1v) is 22.4. The third kappa shape index (κ3) is 7.14. The van der Waals surface area contributed by atoms with E-state index in [1.165, 1.54) is 21.9 Å². The summed E-state index contributed by atoms with van der Waals surface area (Å²) in [6.07, 6.45) is 1.87. The lowest BCUT2D eigenvalue weighted by molar-refractivity contribution is 0.477. The molecule has 0 saturated carbocycles. The Balaban J connectivity index is 1.04. The van der Waals surface area contributed by atoms with Gasteiger partial charge >= 0.3 is 0 Å². The fourth-order valence-electron chi connectivity index (χ4n) is 9.30. The summed E-state index contributed by atoms with van der Waals surface area (Å²) in [6.45, 7) is 13.6. The first-order chi connectivity index (χ1) is 31.4. The Kier molecular flexibility index (Phi) is 9.37. The Morgan fingerprint density at radius 3 is 1.91 bits per heavy atom. The number of aromatic nitrogens is 3. The maximum Gasteiger partial charge on any atom is 0.135 e. The number of phenols is 1. The van der Waals surface area contributed by atoms with Gasteiger partial charge in [-0.25, -0.2) is 4.98 Å². The molecule has 7 aromatic carbocycles. The molecular weight excluding hydrogens is 795 g/mol. The summed E-state index contributed by atoms with van der Waals surface area (Å²) >= 11 is 0. The molecule has 0 saturated heterocycles. The molecule has 65 heavy (non-hydrogen) atoms. The minimum atomic E-state index is -0.0476. The highest BCUT2D eigenvalue weighted by molar-refractivity contribution is 6.12. The molecule has 1 N–H and O–H groups in total. The second kappa shape index (κ2) is 15.2. The Morgan fingerprint density at radius 2 is 1.11 bits per heavy atom. The number of nitrogens with zero attached hydrogens (tertiary/aromatic N) is 3. The number of fused-ring (bicyclic) bond motifs is 6. The van der Waals surface area contributed by atoms with Crippen LogP contribution in [-0.2, 0) is 10.8 Å². The molecule has 5 heteroatoms. The van der Waals surface area contributed by atoms with Crippen LogP contribution >= 0.6 is 0 Å². The zero-order chi connectivity index (χ0) is 44.6. The predicted octanol–water partition coefficient (Wildman–Crippen LogP) is 16.1. The van der Waals surface area contributed by atoms with Gasteiger partial charge in [-0.15, -0.1) is 0 Å². The van der Waals surface area contributed by atoms with Crippen LogP contribution in [0, 0.1) is 0 Å². The van der Waals surface area contributed by atoms with Gasteiger partial charge in [-0.3, -0.25) is 4.98 Å². The highest BCUT2D eigenvalue weighted by Gasteiger charge is 2.23. The van der Waals surface area contributed by atoms with Gasteiger partial charge in [0.1, 0.15) is 16.9 Å². The molecule has 4 aromatic heterocycles. The Morgan fingerprint density at radius 1 is 0.446 bits per heavy atom. The number of furan rings is 1. The number of hydrogen-bond donors (Lipinski definition) is 1. The average Bonchev–Trinajstić information content (AvgIpc) is 3.86. The zero-order valence-corrected chi connectivity index (χ0v) is 37.5.